The fourth-order valence-corrected chi connectivity index (χ4v) is 1.92. The van der Waals surface area contributed by atoms with Gasteiger partial charge in [-0.15, -0.1) is 0 Å². The van der Waals surface area contributed by atoms with Crippen molar-refractivity contribution in [2.75, 3.05) is 7.05 Å². The summed E-state index contributed by atoms with van der Waals surface area (Å²) in [6.45, 7) is 3.94. The van der Waals surface area contributed by atoms with Gasteiger partial charge in [0, 0.05) is 13.6 Å². The third kappa shape index (κ3) is 4.28. The Morgan fingerprint density at radius 1 is 1.26 bits per heavy atom. The lowest BCUT2D eigenvalue weighted by molar-refractivity contribution is -0.143. The molecule has 0 fully saturated rings. The molecule has 2 amide bonds. The number of carboxylic acid groups (broad SMARTS) is 1. The molecule has 1 aromatic rings. The van der Waals surface area contributed by atoms with E-state index in [9.17, 15) is 9.59 Å². The summed E-state index contributed by atoms with van der Waals surface area (Å²) in [5.41, 5.74) is 0.973. The van der Waals surface area contributed by atoms with Gasteiger partial charge in [-0.2, -0.15) is 0 Å². The normalized spacial score (nSPS) is 12.0. The molecule has 1 aromatic carbocycles. The molecule has 5 nitrogen and oxygen atoms in total. The number of likely N-dealkylation sites (N-methyl/N-ethyl adjacent to an activating group) is 1. The van der Waals surface area contributed by atoms with Gasteiger partial charge < -0.3 is 15.3 Å². The summed E-state index contributed by atoms with van der Waals surface area (Å²) in [6, 6.07) is 8.27. The van der Waals surface area contributed by atoms with Crippen LogP contribution in [0.5, 0.6) is 0 Å². The molecule has 1 rings (SSSR count). The minimum Gasteiger partial charge on any atom is -0.480 e. The molecule has 19 heavy (non-hydrogen) atoms. The van der Waals surface area contributed by atoms with Gasteiger partial charge >= 0.3 is 12.0 Å². The highest BCUT2D eigenvalue weighted by atomic mass is 16.4. The number of carbonyl (C=O) groups excluding carboxylic acids is 1. The Bertz CT molecular complexity index is 432. The van der Waals surface area contributed by atoms with Gasteiger partial charge in [-0.25, -0.2) is 9.59 Å². The van der Waals surface area contributed by atoms with Crippen LogP contribution in [-0.2, 0) is 11.3 Å². The van der Waals surface area contributed by atoms with Crippen molar-refractivity contribution in [2.24, 2.45) is 5.92 Å². The van der Waals surface area contributed by atoms with Crippen LogP contribution in [-0.4, -0.2) is 35.1 Å². The maximum Gasteiger partial charge on any atom is 0.326 e. The zero-order chi connectivity index (χ0) is 14.4. The standard InChI is InChI=1S/C14H20N2O3/c1-10(2)12(13(17)18)16(3)14(19)15-9-11-7-5-4-6-8-11/h4-8,10,12H,9H2,1-3H3,(H,15,19)(H,17,18)/t12-/m0/s1. The number of carbonyl (C=O) groups is 2. The number of hydrogen-bond donors (Lipinski definition) is 2. The molecule has 0 radical (unpaired) electrons. The second kappa shape index (κ2) is 6.78. The molecule has 0 spiro atoms. The molecule has 0 bridgehead atoms. The lowest BCUT2D eigenvalue weighted by Crippen LogP contribution is -2.49. The molecule has 0 aliphatic rings. The van der Waals surface area contributed by atoms with E-state index in [1.54, 1.807) is 13.8 Å². The Morgan fingerprint density at radius 3 is 2.32 bits per heavy atom. The van der Waals surface area contributed by atoms with Crippen molar-refractivity contribution < 1.29 is 14.7 Å². The maximum absolute atomic E-state index is 11.9. The van der Waals surface area contributed by atoms with Crippen molar-refractivity contribution in [3.05, 3.63) is 35.9 Å². The average Bonchev–Trinajstić information content (AvgIpc) is 2.36. The minimum absolute atomic E-state index is 0.148. The monoisotopic (exact) mass is 264 g/mol. The van der Waals surface area contributed by atoms with Crippen molar-refractivity contribution in [3.8, 4) is 0 Å². The zero-order valence-electron chi connectivity index (χ0n) is 11.5. The van der Waals surface area contributed by atoms with Gasteiger partial charge in [0.05, 0.1) is 0 Å². The SMILES string of the molecule is CC(C)[C@@H](C(=O)O)N(C)C(=O)NCc1ccccc1. The molecule has 0 unspecified atom stereocenters. The highest BCUT2D eigenvalue weighted by Gasteiger charge is 2.29. The van der Waals surface area contributed by atoms with Crippen LogP contribution >= 0.6 is 0 Å². The highest BCUT2D eigenvalue weighted by Crippen LogP contribution is 2.09. The van der Waals surface area contributed by atoms with E-state index in [1.807, 2.05) is 30.3 Å². The van der Waals surface area contributed by atoms with Crippen molar-refractivity contribution in [1.82, 2.24) is 10.2 Å². The first kappa shape index (κ1) is 15.0. The quantitative estimate of drug-likeness (QED) is 0.853. The number of amides is 2. The molecule has 0 aliphatic heterocycles. The summed E-state index contributed by atoms with van der Waals surface area (Å²) < 4.78 is 0. The number of nitrogens with zero attached hydrogens (tertiary/aromatic N) is 1. The van der Waals surface area contributed by atoms with Gasteiger partial charge in [0.15, 0.2) is 0 Å². The summed E-state index contributed by atoms with van der Waals surface area (Å²) in [5.74, 6) is -1.14. The lowest BCUT2D eigenvalue weighted by atomic mass is 10.0. The van der Waals surface area contributed by atoms with Crippen molar-refractivity contribution >= 4 is 12.0 Å². The van der Waals surface area contributed by atoms with E-state index in [-0.39, 0.29) is 11.9 Å². The molecule has 1 atom stereocenters. The second-order valence-corrected chi connectivity index (χ2v) is 4.78. The third-order valence-corrected chi connectivity index (χ3v) is 2.91. The first-order chi connectivity index (χ1) is 8.93. The first-order valence-corrected chi connectivity index (χ1v) is 6.21. The predicted octanol–water partition coefficient (Wildman–Crippen LogP) is 1.94. The average molecular weight is 264 g/mol. The van der Waals surface area contributed by atoms with Crippen LogP contribution in [0.3, 0.4) is 0 Å². The van der Waals surface area contributed by atoms with Crippen LogP contribution in [0, 0.1) is 5.92 Å². The number of nitrogens with one attached hydrogen (secondary N) is 1. The summed E-state index contributed by atoms with van der Waals surface area (Å²) >= 11 is 0. The van der Waals surface area contributed by atoms with Crippen molar-refractivity contribution in [3.63, 3.8) is 0 Å². The Kier molecular flexibility index (Phi) is 5.36. The molecule has 0 aliphatic carbocycles. The van der Waals surface area contributed by atoms with Gasteiger partial charge in [-0.3, -0.25) is 0 Å². The van der Waals surface area contributed by atoms with E-state index in [1.165, 1.54) is 11.9 Å². The fraction of sp³-hybridized carbons (Fsp3) is 0.429. The highest BCUT2D eigenvalue weighted by molar-refractivity contribution is 5.82. The molecule has 0 heterocycles. The molecular weight excluding hydrogens is 244 g/mol. The molecule has 0 saturated carbocycles. The second-order valence-electron chi connectivity index (χ2n) is 4.78. The van der Waals surface area contributed by atoms with E-state index in [0.29, 0.717) is 6.54 Å². The number of carboxylic acids is 1. The Balaban J connectivity index is 2.59. The summed E-state index contributed by atoms with van der Waals surface area (Å²) in [7, 11) is 1.50. The van der Waals surface area contributed by atoms with E-state index in [2.05, 4.69) is 5.32 Å². The fourth-order valence-electron chi connectivity index (χ4n) is 1.92. The van der Waals surface area contributed by atoms with Gasteiger partial charge in [0.1, 0.15) is 6.04 Å². The third-order valence-electron chi connectivity index (χ3n) is 2.91. The van der Waals surface area contributed by atoms with E-state index in [4.69, 9.17) is 5.11 Å². The van der Waals surface area contributed by atoms with Gasteiger partial charge in [-0.05, 0) is 11.5 Å². The van der Waals surface area contributed by atoms with Crippen LogP contribution in [0.2, 0.25) is 0 Å². The predicted molar refractivity (Wildman–Crippen MR) is 72.7 cm³/mol. The molecule has 104 valence electrons. The van der Waals surface area contributed by atoms with Crippen molar-refractivity contribution in [1.29, 1.82) is 0 Å². The topological polar surface area (TPSA) is 69.6 Å². The maximum atomic E-state index is 11.9. The Labute approximate surface area is 113 Å². The number of aliphatic carboxylic acids is 1. The van der Waals surface area contributed by atoms with E-state index in [0.717, 1.165) is 5.56 Å². The van der Waals surface area contributed by atoms with Crippen LogP contribution in [0.15, 0.2) is 30.3 Å². The van der Waals surface area contributed by atoms with Gasteiger partial charge in [0.25, 0.3) is 0 Å². The molecule has 2 N–H and O–H groups in total. The van der Waals surface area contributed by atoms with Gasteiger partial charge in [-0.1, -0.05) is 44.2 Å². The van der Waals surface area contributed by atoms with E-state index >= 15 is 0 Å². The molecule has 0 aromatic heterocycles. The van der Waals surface area contributed by atoms with Crippen LogP contribution in [0.25, 0.3) is 0 Å². The van der Waals surface area contributed by atoms with Crippen LogP contribution in [0.4, 0.5) is 4.79 Å². The van der Waals surface area contributed by atoms with Gasteiger partial charge in [0.2, 0.25) is 0 Å². The minimum atomic E-state index is -0.993. The Hall–Kier alpha value is -2.04. The Morgan fingerprint density at radius 2 is 1.84 bits per heavy atom. The number of rotatable bonds is 5. The van der Waals surface area contributed by atoms with Crippen molar-refractivity contribution in [2.45, 2.75) is 26.4 Å². The lowest BCUT2D eigenvalue weighted by Gasteiger charge is -2.27. The van der Waals surface area contributed by atoms with Crippen LogP contribution < -0.4 is 5.32 Å². The number of benzene rings is 1. The molecule has 0 saturated heterocycles. The number of hydrogen-bond acceptors (Lipinski definition) is 2. The zero-order valence-corrected chi connectivity index (χ0v) is 11.5. The summed E-state index contributed by atoms with van der Waals surface area (Å²) in [6.07, 6.45) is 0. The summed E-state index contributed by atoms with van der Waals surface area (Å²) in [4.78, 5) is 24.3. The smallest absolute Gasteiger partial charge is 0.326 e. The molecular formula is C14H20N2O3. The first-order valence-electron chi connectivity index (χ1n) is 6.21. The largest absolute Gasteiger partial charge is 0.480 e. The van der Waals surface area contributed by atoms with E-state index < -0.39 is 12.0 Å². The molecule has 5 heteroatoms. The summed E-state index contributed by atoms with van der Waals surface area (Å²) in [5, 5.41) is 11.8. The van der Waals surface area contributed by atoms with Crippen LogP contribution in [0.1, 0.15) is 19.4 Å². The number of urea groups is 1.